The molecule has 1 amide bonds. The lowest BCUT2D eigenvalue weighted by molar-refractivity contribution is -0.124. The number of carbonyl (C=O) groups is 1. The van der Waals surface area contributed by atoms with E-state index in [1.165, 1.54) is 5.75 Å². The number of hydrogen-bond donors (Lipinski definition) is 0. The first-order valence-electron chi connectivity index (χ1n) is 4.37. The van der Waals surface area contributed by atoms with Gasteiger partial charge in [-0.3, -0.25) is 4.79 Å². The summed E-state index contributed by atoms with van der Waals surface area (Å²) in [6.45, 7) is 6.26. The standard InChI is InChI=1S/C9H17NOS/c1-9(2,3)10(7-11)8-4-5-12-6-8/h7-8H,4-6H2,1-3H3/t8-/m0/s1. The molecule has 0 aliphatic carbocycles. The highest BCUT2D eigenvalue weighted by atomic mass is 32.2. The van der Waals surface area contributed by atoms with Crippen LogP contribution in [0.4, 0.5) is 0 Å². The molecular weight excluding hydrogens is 170 g/mol. The van der Waals surface area contributed by atoms with Crippen molar-refractivity contribution in [3.05, 3.63) is 0 Å². The average Bonchev–Trinajstić information content (AvgIpc) is 2.38. The van der Waals surface area contributed by atoms with E-state index < -0.39 is 0 Å². The molecule has 0 unspecified atom stereocenters. The zero-order valence-electron chi connectivity index (χ0n) is 8.04. The van der Waals surface area contributed by atoms with E-state index in [0.717, 1.165) is 18.6 Å². The van der Waals surface area contributed by atoms with Crippen molar-refractivity contribution in [3.63, 3.8) is 0 Å². The Kier molecular flexibility index (Phi) is 3.04. The molecule has 12 heavy (non-hydrogen) atoms. The molecule has 1 atom stereocenters. The molecule has 0 spiro atoms. The number of amides is 1. The Hall–Kier alpha value is -0.180. The SMILES string of the molecule is CC(C)(C)N(C=O)[C@H]1CCSC1. The van der Waals surface area contributed by atoms with Gasteiger partial charge in [0.2, 0.25) is 6.41 Å². The minimum absolute atomic E-state index is 0.0166. The normalized spacial score (nSPS) is 24.1. The van der Waals surface area contributed by atoms with E-state index in [0.29, 0.717) is 6.04 Å². The summed E-state index contributed by atoms with van der Waals surface area (Å²) in [7, 11) is 0. The van der Waals surface area contributed by atoms with E-state index in [4.69, 9.17) is 0 Å². The third-order valence-corrected chi connectivity index (χ3v) is 3.33. The maximum atomic E-state index is 10.9. The van der Waals surface area contributed by atoms with E-state index in [-0.39, 0.29) is 5.54 Å². The van der Waals surface area contributed by atoms with Gasteiger partial charge in [-0.05, 0) is 32.9 Å². The van der Waals surface area contributed by atoms with Gasteiger partial charge in [0.25, 0.3) is 0 Å². The van der Waals surface area contributed by atoms with Crippen LogP contribution in [0.2, 0.25) is 0 Å². The molecule has 0 aromatic heterocycles. The summed E-state index contributed by atoms with van der Waals surface area (Å²) in [5.41, 5.74) is -0.0166. The van der Waals surface area contributed by atoms with E-state index in [9.17, 15) is 4.79 Å². The van der Waals surface area contributed by atoms with E-state index >= 15 is 0 Å². The van der Waals surface area contributed by atoms with Gasteiger partial charge >= 0.3 is 0 Å². The molecular formula is C9H17NOS. The fourth-order valence-electron chi connectivity index (χ4n) is 1.53. The van der Waals surface area contributed by atoms with Gasteiger partial charge in [-0.15, -0.1) is 0 Å². The molecule has 1 aliphatic heterocycles. The second kappa shape index (κ2) is 3.69. The molecule has 0 bridgehead atoms. The van der Waals surface area contributed by atoms with Gasteiger partial charge in [0.15, 0.2) is 0 Å². The Morgan fingerprint density at radius 1 is 1.50 bits per heavy atom. The van der Waals surface area contributed by atoms with Crippen LogP contribution in [0.5, 0.6) is 0 Å². The summed E-state index contributed by atoms with van der Waals surface area (Å²) in [5, 5.41) is 0. The Balaban J connectivity index is 2.60. The fraction of sp³-hybridized carbons (Fsp3) is 0.889. The Bertz CT molecular complexity index is 158. The van der Waals surface area contributed by atoms with Crippen LogP contribution in [-0.2, 0) is 4.79 Å². The minimum Gasteiger partial charge on any atom is -0.337 e. The molecule has 0 aromatic carbocycles. The first kappa shape index (κ1) is 9.90. The number of carbonyl (C=O) groups excluding carboxylic acids is 1. The highest BCUT2D eigenvalue weighted by Gasteiger charge is 2.29. The van der Waals surface area contributed by atoms with Crippen molar-refractivity contribution in [3.8, 4) is 0 Å². The first-order chi connectivity index (χ1) is 5.55. The monoisotopic (exact) mass is 187 g/mol. The van der Waals surface area contributed by atoms with Crippen molar-refractivity contribution >= 4 is 18.2 Å². The molecule has 1 fully saturated rings. The van der Waals surface area contributed by atoms with Gasteiger partial charge in [-0.1, -0.05) is 0 Å². The lowest BCUT2D eigenvalue weighted by Gasteiger charge is -2.36. The molecule has 1 aliphatic rings. The van der Waals surface area contributed by atoms with Crippen LogP contribution in [0.3, 0.4) is 0 Å². The highest BCUT2D eigenvalue weighted by molar-refractivity contribution is 7.99. The van der Waals surface area contributed by atoms with Crippen molar-refractivity contribution in [2.75, 3.05) is 11.5 Å². The van der Waals surface area contributed by atoms with Gasteiger partial charge in [0.05, 0.1) is 0 Å². The van der Waals surface area contributed by atoms with Gasteiger partial charge in [-0.2, -0.15) is 11.8 Å². The lowest BCUT2D eigenvalue weighted by Crippen LogP contribution is -2.47. The summed E-state index contributed by atoms with van der Waals surface area (Å²) in [6.07, 6.45) is 2.15. The molecule has 0 radical (unpaired) electrons. The molecule has 2 nitrogen and oxygen atoms in total. The third-order valence-electron chi connectivity index (χ3n) is 2.19. The molecule has 1 rings (SSSR count). The minimum atomic E-state index is -0.0166. The quantitative estimate of drug-likeness (QED) is 0.614. The van der Waals surface area contributed by atoms with Crippen LogP contribution in [-0.4, -0.2) is 34.4 Å². The fourth-order valence-corrected chi connectivity index (χ4v) is 2.74. The van der Waals surface area contributed by atoms with Crippen LogP contribution in [0.25, 0.3) is 0 Å². The van der Waals surface area contributed by atoms with Crippen LogP contribution < -0.4 is 0 Å². The van der Waals surface area contributed by atoms with Crippen LogP contribution in [0.15, 0.2) is 0 Å². The number of thioether (sulfide) groups is 1. The average molecular weight is 187 g/mol. The van der Waals surface area contributed by atoms with Gasteiger partial charge in [-0.25, -0.2) is 0 Å². The van der Waals surface area contributed by atoms with Gasteiger partial charge < -0.3 is 4.90 Å². The first-order valence-corrected chi connectivity index (χ1v) is 5.52. The molecule has 0 saturated carbocycles. The predicted molar refractivity (Wildman–Crippen MR) is 53.4 cm³/mol. The van der Waals surface area contributed by atoms with E-state index in [1.54, 1.807) is 0 Å². The summed E-state index contributed by atoms with van der Waals surface area (Å²) < 4.78 is 0. The molecule has 0 aromatic rings. The van der Waals surface area contributed by atoms with Gasteiger partial charge in [0, 0.05) is 17.3 Å². The predicted octanol–water partition coefficient (Wildman–Crippen LogP) is 1.75. The zero-order valence-corrected chi connectivity index (χ0v) is 8.86. The molecule has 3 heteroatoms. The maximum absolute atomic E-state index is 10.9. The van der Waals surface area contributed by atoms with Crippen molar-refractivity contribution in [2.45, 2.75) is 38.8 Å². The molecule has 1 saturated heterocycles. The zero-order chi connectivity index (χ0) is 9.19. The Labute approximate surface area is 78.7 Å². The van der Waals surface area contributed by atoms with E-state index in [1.807, 2.05) is 16.7 Å². The second-order valence-electron chi connectivity index (χ2n) is 4.20. The van der Waals surface area contributed by atoms with Crippen molar-refractivity contribution in [1.29, 1.82) is 0 Å². The van der Waals surface area contributed by atoms with Crippen LogP contribution in [0, 0.1) is 0 Å². The number of rotatable bonds is 2. The second-order valence-corrected chi connectivity index (χ2v) is 5.35. The lowest BCUT2D eigenvalue weighted by atomic mass is 10.0. The molecule has 1 heterocycles. The van der Waals surface area contributed by atoms with Crippen LogP contribution in [0.1, 0.15) is 27.2 Å². The van der Waals surface area contributed by atoms with Crippen LogP contribution >= 0.6 is 11.8 Å². The number of hydrogen-bond acceptors (Lipinski definition) is 2. The van der Waals surface area contributed by atoms with Crippen molar-refractivity contribution in [2.24, 2.45) is 0 Å². The molecule has 0 N–H and O–H groups in total. The van der Waals surface area contributed by atoms with Crippen molar-refractivity contribution < 1.29 is 4.79 Å². The summed E-state index contributed by atoms with van der Waals surface area (Å²) >= 11 is 1.94. The highest BCUT2D eigenvalue weighted by Crippen LogP contribution is 2.26. The van der Waals surface area contributed by atoms with E-state index in [2.05, 4.69) is 20.8 Å². The van der Waals surface area contributed by atoms with Crippen molar-refractivity contribution in [1.82, 2.24) is 4.90 Å². The van der Waals surface area contributed by atoms with Gasteiger partial charge in [0.1, 0.15) is 0 Å². The Morgan fingerprint density at radius 2 is 2.17 bits per heavy atom. The number of nitrogens with zero attached hydrogens (tertiary/aromatic N) is 1. The summed E-state index contributed by atoms with van der Waals surface area (Å²) in [6, 6.07) is 0.465. The summed E-state index contributed by atoms with van der Waals surface area (Å²) in [4.78, 5) is 12.8. The largest absolute Gasteiger partial charge is 0.337 e. The maximum Gasteiger partial charge on any atom is 0.210 e. The topological polar surface area (TPSA) is 20.3 Å². The third kappa shape index (κ3) is 2.16. The molecule has 70 valence electrons. The smallest absolute Gasteiger partial charge is 0.210 e. The summed E-state index contributed by atoms with van der Waals surface area (Å²) in [5.74, 6) is 2.31. The Morgan fingerprint density at radius 3 is 2.50 bits per heavy atom.